The first-order chi connectivity index (χ1) is 14.2. The summed E-state index contributed by atoms with van der Waals surface area (Å²) in [5.74, 6) is -0.742. The van der Waals surface area contributed by atoms with Gasteiger partial charge in [0.05, 0.1) is 5.75 Å². The maximum atomic E-state index is 14.5. The molecule has 3 aromatic carbocycles. The van der Waals surface area contributed by atoms with Crippen molar-refractivity contribution in [3.8, 4) is 11.1 Å². The minimum atomic E-state index is -3.57. The van der Waals surface area contributed by atoms with Crippen molar-refractivity contribution in [2.75, 3.05) is 18.8 Å². The number of amides is 1. The molecule has 0 saturated carbocycles. The predicted octanol–water partition coefficient (Wildman–Crippen LogP) is 3.70. The number of nitrogens with zero attached hydrogens (tertiary/aromatic N) is 1. The van der Waals surface area contributed by atoms with Gasteiger partial charge in [0.15, 0.2) is 0 Å². The van der Waals surface area contributed by atoms with E-state index in [0.29, 0.717) is 30.6 Å². The van der Waals surface area contributed by atoms with Crippen LogP contribution in [0.5, 0.6) is 0 Å². The molecule has 0 spiro atoms. The highest BCUT2D eigenvalue weighted by Crippen LogP contribution is 2.33. The van der Waals surface area contributed by atoms with Crippen molar-refractivity contribution in [2.24, 2.45) is 11.1 Å². The molecule has 156 valence electrons. The van der Waals surface area contributed by atoms with Crippen molar-refractivity contribution >= 4 is 26.7 Å². The molecule has 1 amide bonds. The third kappa shape index (κ3) is 4.08. The van der Waals surface area contributed by atoms with Crippen LogP contribution in [-0.4, -0.2) is 38.1 Å². The quantitative estimate of drug-likeness (QED) is 0.691. The van der Waals surface area contributed by atoms with Gasteiger partial charge in [0.1, 0.15) is 5.82 Å². The van der Waals surface area contributed by atoms with Gasteiger partial charge in [0, 0.05) is 24.2 Å². The van der Waals surface area contributed by atoms with Crippen LogP contribution >= 0.6 is 0 Å². The van der Waals surface area contributed by atoms with Crippen LogP contribution < -0.4 is 5.14 Å². The third-order valence-electron chi connectivity index (χ3n) is 5.61. The zero-order chi connectivity index (χ0) is 21.5. The first-order valence-corrected chi connectivity index (χ1v) is 11.5. The standard InChI is InChI=1S/C23H23FN2O3S/c1-15-8-9-22(24)21(12-15)19-6-2-5-18-17(19)4-3-7-20(18)23(27)26-11-10-16(13-26)14-30(25,28)29/h2-9,12,16H,10-11,13-14H2,1H3,(H2,25,28,29). The highest BCUT2D eigenvalue weighted by atomic mass is 32.2. The molecule has 0 aliphatic carbocycles. The van der Waals surface area contributed by atoms with Gasteiger partial charge >= 0.3 is 0 Å². The normalized spacial score (nSPS) is 16.9. The zero-order valence-electron chi connectivity index (χ0n) is 16.6. The number of halogens is 1. The number of fused-ring (bicyclic) bond motifs is 1. The molecule has 2 N–H and O–H groups in total. The molecule has 1 unspecified atom stereocenters. The predicted molar refractivity (Wildman–Crippen MR) is 116 cm³/mol. The number of aryl methyl sites for hydroxylation is 1. The van der Waals surface area contributed by atoms with Crippen molar-refractivity contribution in [1.82, 2.24) is 4.90 Å². The highest BCUT2D eigenvalue weighted by molar-refractivity contribution is 7.89. The second-order valence-corrected chi connectivity index (χ2v) is 9.58. The highest BCUT2D eigenvalue weighted by Gasteiger charge is 2.30. The van der Waals surface area contributed by atoms with E-state index in [4.69, 9.17) is 5.14 Å². The van der Waals surface area contributed by atoms with E-state index in [1.807, 2.05) is 31.2 Å². The monoisotopic (exact) mass is 426 g/mol. The van der Waals surface area contributed by atoms with Crippen molar-refractivity contribution in [2.45, 2.75) is 13.3 Å². The summed E-state index contributed by atoms with van der Waals surface area (Å²) in [5, 5.41) is 6.70. The number of primary sulfonamides is 1. The molecule has 4 rings (SSSR count). The molecule has 0 radical (unpaired) electrons. The van der Waals surface area contributed by atoms with E-state index < -0.39 is 10.0 Å². The number of nitrogens with two attached hydrogens (primary N) is 1. The Kier molecular flexibility index (Phi) is 5.34. The lowest BCUT2D eigenvalue weighted by atomic mass is 9.94. The van der Waals surface area contributed by atoms with Gasteiger partial charge in [0.2, 0.25) is 10.0 Å². The molecule has 1 aliphatic heterocycles. The van der Waals surface area contributed by atoms with E-state index in [9.17, 15) is 17.6 Å². The summed E-state index contributed by atoms with van der Waals surface area (Å²) in [5.41, 5.74) is 2.71. The Labute approximate surface area is 175 Å². The Morgan fingerprint density at radius 2 is 1.83 bits per heavy atom. The number of carbonyl (C=O) groups excluding carboxylic acids is 1. The molecule has 1 saturated heterocycles. The second-order valence-electron chi connectivity index (χ2n) is 7.92. The molecule has 30 heavy (non-hydrogen) atoms. The van der Waals surface area contributed by atoms with Crippen LogP contribution in [0, 0.1) is 18.7 Å². The van der Waals surface area contributed by atoms with E-state index >= 15 is 0 Å². The van der Waals surface area contributed by atoms with Crippen LogP contribution in [0.15, 0.2) is 54.6 Å². The average molecular weight is 427 g/mol. The lowest BCUT2D eigenvalue weighted by molar-refractivity contribution is 0.0790. The Bertz CT molecular complexity index is 1240. The van der Waals surface area contributed by atoms with Crippen LogP contribution in [0.2, 0.25) is 0 Å². The van der Waals surface area contributed by atoms with Crippen LogP contribution in [0.1, 0.15) is 22.3 Å². The number of benzene rings is 3. The smallest absolute Gasteiger partial charge is 0.254 e. The fourth-order valence-electron chi connectivity index (χ4n) is 4.23. The SMILES string of the molecule is Cc1ccc(F)c(-c2cccc3c(C(=O)N4CCC(CS(N)(=O)=O)C4)cccc23)c1. The molecule has 1 heterocycles. The van der Waals surface area contributed by atoms with E-state index in [1.54, 1.807) is 29.2 Å². The summed E-state index contributed by atoms with van der Waals surface area (Å²) < 4.78 is 37.3. The maximum Gasteiger partial charge on any atom is 0.254 e. The average Bonchev–Trinajstić information content (AvgIpc) is 3.15. The van der Waals surface area contributed by atoms with Gasteiger partial charge in [-0.2, -0.15) is 0 Å². The molecule has 1 aliphatic rings. The Morgan fingerprint density at radius 3 is 2.60 bits per heavy atom. The molecular formula is C23H23FN2O3S. The van der Waals surface area contributed by atoms with E-state index in [1.165, 1.54) is 6.07 Å². The van der Waals surface area contributed by atoms with Gasteiger partial charge in [-0.05, 0) is 53.8 Å². The topological polar surface area (TPSA) is 80.5 Å². The van der Waals surface area contributed by atoms with Crippen LogP contribution in [0.4, 0.5) is 4.39 Å². The van der Waals surface area contributed by atoms with Crippen molar-refractivity contribution in [3.63, 3.8) is 0 Å². The molecule has 5 nitrogen and oxygen atoms in total. The summed E-state index contributed by atoms with van der Waals surface area (Å²) in [6.07, 6.45) is 0.604. The number of carbonyl (C=O) groups is 1. The van der Waals surface area contributed by atoms with Crippen LogP contribution in [0.3, 0.4) is 0 Å². The molecular weight excluding hydrogens is 403 g/mol. The first kappa shape index (κ1) is 20.5. The largest absolute Gasteiger partial charge is 0.338 e. The number of likely N-dealkylation sites (tertiary alicyclic amines) is 1. The summed E-state index contributed by atoms with van der Waals surface area (Å²) in [7, 11) is -3.57. The Balaban J connectivity index is 1.71. The summed E-state index contributed by atoms with van der Waals surface area (Å²) in [4.78, 5) is 14.9. The molecule has 0 aromatic heterocycles. The molecule has 1 fully saturated rings. The van der Waals surface area contributed by atoms with E-state index in [-0.39, 0.29) is 23.4 Å². The maximum absolute atomic E-state index is 14.5. The van der Waals surface area contributed by atoms with Gasteiger partial charge < -0.3 is 4.90 Å². The van der Waals surface area contributed by atoms with Gasteiger partial charge in [-0.1, -0.05) is 42.0 Å². The lowest BCUT2D eigenvalue weighted by Gasteiger charge is -2.18. The number of hydrogen-bond acceptors (Lipinski definition) is 3. The van der Waals surface area contributed by atoms with Crippen molar-refractivity contribution in [3.05, 3.63) is 71.5 Å². The van der Waals surface area contributed by atoms with Crippen molar-refractivity contribution in [1.29, 1.82) is 0 Å². The minimum Gasteiger partial charge on any atom is -0.338 e. The zero-order valence-corrected chi connectivity index (χ0v) is 17.5. The minimum absolute atomic E-state index is 0.122. The third-order valence-corrected chi connectivity index (χ3v) is 6.54. The lowest BCUT2D eigenvalue weighted by Crippen LogP contribution is -2.31. The van der Waals surface area contributed by atoms with E-state index in [0.717, 1.165) is 21.9 Å². The molecule has 7 heteroatoms. The van der Waals surface area contributed by atoms with Crippen LogP contribution in [0.25, 0.3) is 21.9 Å². The van der Waals surface area contributed by atoms with Crippen LogP contribution in [-0.2, 0) is 10.0 Å². The molecule has 3 aromatic rings. The van der Waals surface area contributed by atoms with Gasteiger partial charge in [-0.25, -0.2) is 17.9 Å². The molecule has 1 atom stereocenters. The van der Waals surface area contributed by atoms with Gasteiger partial charge in [-0.3, -0.25) is 4.79 Å². The van der Waals surface area contributed by atoms with Gasteiger partial charge in [-0.15, -0.1) is 0 Å². The number of hydrogen-bond donors (Lipinski definition) is 1. The summed E-state index contributed by atoms with van der Waals surface area (Å²) >= 11 is 0. The summed E-state index contributed by atoms with van der Waals surface area (Å²) in [6.45, 7) is 2.76. The second kappa shape index (κ2) is 7.81. The van der Waals surface area contributed by atoms with Gasteiger partial charge in [0.25, 0.3) is 5.91 Å². The Morgan fingerprint density at radius 1 is 1.10 bits per heavy atom. The van der Waals surface area contributed by atoms with E-state index in [2.05, 4.69) is 0 Å². The summed E-state index contributed by atoms with van der Waals surface area (Å²) in [6, 6.07) is 16.0. The number of rotatable bonds is 4. The first-order valence-electron chi connectivity index (χ1n) is 9.81. The fraction of sp³-hybridized carbons (Fsp3) is 0.261. The molecule has 0 bridgehead atoms. The Hall–Kier alpha value is -2.77. The number of sulfonamides is 1. The fourth-order valence-corrected chi connectivity index (χ4v) is 5.16. The van der Waals surface area contributed by atoms with Crippen molar-refractivity contribution < 1.29 is 17.6 Å².